The maximum Gasteiger partial charge on any atom is 0.245 e. The number of rotatable bonds is 6. The largest absolute Gasteiger partial charge is 0.245 e. The summed E-state index contributed by atoms with van der Waals surface area (Å²) in [5, 5.41) is 0. The van der Waals surface area contributed by atoms with E-state index in [1.54, 1.807) is 0 Å². The molecule has 5 aromatic rings. The lowest BCUT2D eigenvalue weighted by Crippen LogP contribution is -2.27. The Hall–Kier alpha value is -4.43. The first-order chi connectivity index (χ1) is 20.7. The second-order valence-corrected chi connectivity index (χ2v) is 13.2. The normalized spacial score (nSPS) is 16.9. The van der Waals surface area contributed by atoms with Crippen molar-refractivity contribution in [3.8, 4) is 11.1 Å². The van der Waals surface area contributed by atoms with Gasteiger partial charge in [-0.05, 0) is 47.1 Å². The average molecular weight is 564 g/mol. The summed E-state index contributed by atoms with van der Waals surface area (Å²) in [5.41, 5.74) is 11.6. The third kappa shape index (κ3) is 5.55. The highest BCUT2D eigenvalue weighted by atomic mass is 15.3. The zero-order valence-electron chi connectivity index (χ0n) is 26.3. The fourth-order valence-electron chi connectivity index (χ4n) is 6.55. The highest BCUT2D eigenvalue weighted by Crippen LogP contribution is 2.49. The van der Waals surface area contributed by atoms with E-state index in [0.717, 1.165) is 0 Å². The summed E-state index contributed by atoms with van der Waals surface area (Å²) in [6.07, 6.45) is 2.40. The van der Waals surface area contributed by atoms with Gasteiger partial charge in [0.15, 0.2) is 12.1 Å². The Kier molecular flexibility index (Phi) is 7.79. The van der Waals surface area contributed by atoms with Gasteiger partial charge in [0.1, 0.15) is 11.4 Å². The Bertz CT molecular complexity index is 1730. The van der Waals surface area contributed by atoms with Gasteiger partial charge in [-0.25, -0.2) is 9.48 Å². The molecule has 0 spiro atoms. The van der Waals surface area contributed by atoms with Crippen LogP contribution in [-0.2, 0) is 5.41 Å². The van der Waals surface area contributed by atoms with E-state index in [9.17, 15) is 0 Å². The van der Waals surface area contributed by atoms with E-state index in [0.29, 0.717) is 5.92 Å². The summed E-state index contributed by atoms with van der Waals surface area (Å²) in [6.45, 7) is 13.8. The molecule has 2 atom stereocenters. The van der Waals surface area contributed by atoms with Crippen LogP contribution in [0.1, 0.15) is 80.4 Å². The maximum absolute atomic E-state index is 2.57. The molecule has 0 N–H and O–H groups in total. The van der Waals surface area contributed by atoms with E-state index in [4.69, 9.17) is 0 Å². The molecular formula is C41H43N2+. The minimum Gasteiger partial charge on any atom is -0.221 e. The summed E-state index contributed by atoms with van der Waals surface area (Å²) in [7, 11) is 0. The smallest absolute Gasteiger partial charge is 0.221 e. The Morgan fingerprint density at radius 1 is 0.674 bits per heavy atom. The lowest BCUT2D eigenvalue weighted by Gasteiger charge is -2.27. The highest BCUT2D eigenvalue weighted by Gasteiger charge is 2.47. The zero-order chi connectivity index (χ0) is 30.1. The quantitative estimate of drug-likeness (QED) is 0.186. The molecular weight excluding hydrogens is 520 g/mol. The van der Waals surface area contributed by atoms with Crippen LogP contribution in [0.3, 0.4) is 0 Å². The van der Waals surface area contributed by atoms with Crippen LogP contribution in [0.25, 0.3) is 11.1 Å². The Morgan fingerprint density at radius 2 is 1.28 bits per heavy atom. The minimum atomic E-state index is 0.0191. The fraction of sp³-hybridized carbons (Fsp3) is 0.244. The number of hydrogen-bond donors (Lipinski definition) is 0. The fourth-order valence-corrected chi connectivity index (χ4v) is 6.55. The van der Waals surface area contributed by atoms with Gasteiger partial charge in [-0.3, -0.25) is 0 Å². The van der Waals surface area contributed by atoms with Crippen molar-refractivity contribution in [1.29, 1.82) is 0 Å². The molecule has 0 aromatic heterocycles. The van der Waals surface area contributed by atoms with Gasteiger partial charge < -0.3 is 0 Å². The molecule has 0 aliphatic carbocycles. The second kappa shape index (κ2) is 11.7. The van der Waals surface area contributed by atoms with Crippen molar-refractivity contribution in [3.05, 3.63) is 155 Å². The molecule has 1 aliphatic rings. The third-order valence-corrected chi connectivity index (χ3v) is 8.81. The zero-order valence-corrected chi connectivity index (χ0v) is 26.3. The first kappa shape index (κ1) is 28.7. The summed E-state index contributed by atoms with van der Waals surface area (Å²) < 4.78 is 2.57. The Labute approximate surface area is 258 Å². The van der Waals surface area contributed by atoms with E-state index in [1.807, 2.05) is 0 Å². The number of nitrogens with zero attached hydrogens (tertiary/aromatic N) is 2. The lowest BCUT2D eigenvalue weighted by atomic mass is 9.84. The summed E-state index contributed by atoms with van der Waals surface area (Å²) >= 11 is 0. The predicted octanol–water partition coefficient (Wildman–Crippen LogP) is 10.8. The van der Waals surface area contributed by atoms with Crippen molar-refractivity contribution < 1.29 is 4.58 Å². The van der Waals surface area contributed by atoms with Crippen molar-refractivity contribution in [2.24, 2.45) is 0 Å². The molecule has 0 saturated carbocycles. The van der Waals surface area contributed by atoms with E-state index in [1.165, 1.54) is 50.3 Å². The molecule has 0 unspecified atom stereocenters. The monoisotopic (exact) mass is 563 g/mol. The van der Waals surface area contributed by atoms with Crippen LogP contribution in [0.2, 0.25) is 0 Å². The summed E-state index contributed by atoms with van der Waals surface area (Å²) in [4.78, 5) is 2.56. The van der Waals surface area contributed by atoms with Crippen molar-refractivity contribution in [2.75, 3.05) is 4.90 Å². The number of anilines is 1. The molecule has 0 saturated heterocycles. The molecule has 0 amide bonds. The van der Waals surface area contributed by atoms with Crippen LogP contribution in [-0.4, -0.2) is 10.9 Å². The first-order valence-corrected chi connectivity index (χ1v) is 15.5. The molecule has 0 bridgehead atoms. The highest BCUT2D eigenvalue weighted by molar-refractivity contribution is 5.90. The van der Waals surface area contributed by atoms with Crippen molar-refractivity contribution >= 4 is 17.7 Å². The molecule has 0 fully saturated rings. The van der Waals surface area contributed by atoms with E-state index in [2.05, 4.69) is 185 Å². The topological polar surface area (TPSA) is 6.25 Å². The van der Waals surface area contributed by atoms with Crippen LogP contribution < -0.4 is 4.90 Å². The van der Waals surface area contributed by atoms with E-state index >= 15 is 0 Å². The van der Waals surface area contributed by atoms with Crippen LogP contribution in [0.5, 0.6) is 0 Å². The van der Waals surface area contributed by atoms with Crippen LogP contribution >= 0.6 is 0 Å². The molecule has 216 valence electrons. The number of para-hydroxylation sites is 1. The molecule has 2 heteroatoms. The van der Waals surface area contributed by atoms with Gasteiger partial charge >= 0.3 is 0 Å². The van der Waals surface area contributed by atoms with Crippen LogP contribution in [0, 0.1) is 6.92 Å². The SMILES string of the molecule is Cc1cccc(C(C)C)c1[N+]1=CN(c2cc(C(C)(C)C)ccc2-c2ccccc2)[C@@H](c2ccccc2)[C@@H]1c1ccccc1. The van der Waals surface area contributed by atoms with Gasteiger partial charge in [0, 0.05) is 22.3 Å². The van der Waals surface area contributed by atoms with Gasteiger partial charge in [-0.1, -0.05) is 150 Å². The van der Waals surface area contributed by atoms with Crippen molar-refractivity contribution in [2.45, 2.75) is 65.0 Å². The van der Waals surface area contributed by atoms with Crippen molar-refractivity contribution in [1.82, 2.24) is 0 Å². The first-order valence-electron chi connectivity index (χ1n) is 15.5. The van der Waals surface area contributed by atoms with E-state index < -0.39 is 0 Å². The number of hydrogen-bond acceptors (Lipinski definition) is 1. The molecule has 6 rings (SSSR count). The molecule has 1 aliphatic heterocycles. The molecule has 43 heavy (non-hydrogen) atoms. The number of aryl methyl sites for hydroxylation is 1. The molecule has 1 heterocycles. The molecule has 5 aromatic carbocycles. The third-order valence-electron chi connectivity index (χ3n) is 8.81. The molecule has 2 nitrogen and oxygen atoms in total. The van der Waals surface area contributed by atoms with Crippen LogP contribution in [0.4, 0.5) is 11.4 Å². The van der Waals surface area contributed by atoms with Gasteiger partial charge in [0.2, 0.25) is 6.34 Å². The van der Waals surface area contributed by atoms with Gasteiger partial charge in [-0.15, -0.1) is 0 Å². The minimum absolute atomic E-state index is 0.0191. The Morgan fingerprint density at radius 3 is 1.88 bits per heavy atom. The Balaban J connectivity index is 1.69. The predicted molar refractivity (Wildman–Crippen MR) is 183 cm³/mol. The second-order valence-electron chi connectivity index (χ2n) is 13.2. The number of benzene rings is 5. The van der Waals surface area contributed by atoms with Crippen LogP contribution in [0.15, 0.2) is 127 Å². The standard InChI is InChI=1S/C41H43N2/c1-29(2)35-24-16-17-30(3)38(35)43-28-42(39(32-20-12-8-13-21-32)40(43)33-22-14-9-15-23-33)37-27-34(41(4,5)6)25-26-36(37)31-18-10-7-11-19-31/h7-29,39-40H,1-6H3/q+1/t39-,40-/m0/s1. The summed E-state index contributed by atoms with van der Waals surface area (Å²) in [5.74, 6) is 0.396. The lowest BCUT2D eigenvalue weighted by molar-refractivity contribution is -0.482. The van der Waals surface area contributed by atoms with Gasteiger partial charge in [0.25, 0.3) is 0 Å². The maximum atomic E-state index is 2.57. The van der Waals surface area contributed by atoms with E-state index in [-0.39, 0.29) is 17.5 Å². The molecule has 0 radical (unpaired) electrons. The van der Waals surface area contributed by atoms with Gasteiger partial charge in [0.05, 0.1) is 0 Å². The summed E-state index contributed by atoms with van der Waals surface area (Å²) in [6, 6.07) is 46.9. The average Bonchev–Trinajstić information content (AvgIpc) is 3.41. The van der Waals surface area contributed by atoms with Crippen molar-refractivity contribution in [3.63, 3.8) is 0 Å². The van der Waals surface area contributed by atoms with Gasteiger partial charge in [-0.2, -0.15) is 0 Å².